The number of carbonyl (C=O) groups is 1. The van der Waals surface area contributed by atoms with E-state index in [0.29, 0.717) is 0 Å². The summed E-state index contributed by atoms with van der Waals surface area (Å²) in [5.74, 6) is -0.0758. The van der Waals surface area contributed by atoms with Crippen molar-refractivity contribution in [1.29, 1.82) is 0 Å². The van der Waals surface area contributed by atoms with Crippen LogP contribution >= 0.6 is 0 Å². The van der Waals surface area contributed by atoms with Crippen molar-refractivity contribution >= 4 is 22.5 Å². The van der Waals surface area contributed by atoms with E-state index < -0.39 is 0 Å². The molecule has 1 heterocycles. The molecule has 3 rings (SSSR count). The minimum Gasteiger partial charge on any atom is -0.392 e. The van der Waals surface area contributed by atoms with Gasteiger partial charge in [-0.3, -0.25) is 4.79 Å². The van der Waals surface area contributed by atoms with Crippen molar-refractivity contribution in [3.63, 3.8) is 0 Å². The van der Waals surface area contributed by atoms with Crippen molar-refractivity contribution in [2.75, 3.05) is 5.32 Å². The van der Waals surface area contributed by atoms with E-state index in [4.69, 9.17) is 0 Å². The second-order valence-electron chi connectivity index (χ2n) is 4.91. The number of nitrogens with zero attached hydrogens (tertiary/aromatic N) is 1. The van der Waals surface area contributed by atoms with Crippen LogP contribution in [0, 0.1) is 0 Å². The number of amides is 1. The fourth-order valence-corrected chi connectivity index (χ4v) is 2.34. The lowest BCUT2D eigenvalue weighted by Gasteiger charge is -2.08. The summed E-state index contributed by atoms with van der Waals surface area (Å²) in [5, 5.41) is 13.1. The highest BCUT2D eigenvalue weighted by atomic mass is 16.3. The molecule has 0 atom stereocenters. The summed E-state index contributed by atoms with van der Waals surface area (Å²) < 4.78 is 1.88. The van der Waals surface area contributed by atoms with E-state index in [9.17, 15) is 9.90 Å². The smallest absolute Gasteiger partial charge is 0.244 e. The largest absolute Gasteiger partial charge is 0.392 e. The van der Waals surface area contributed by atoms with Gasteiger partial charge >= 0.3 is 0 Å². The van der Waals surface area contributed by atoms with E-state index in [-0.39, 0.29) is 19.1 Å². The molecule has 0 bridgehead atoms. The molecule has 21 heavy (non-hydrogen) atoms. The van der Waals surface area contributed by atoms with E-state index in [1.165, 1.54) is 0 Å². The molecule has 3 aromatic rings. The van der Waals surface area contributed by atoms with Crippen LogP contribution < -0.4 is 5.32 Å². The van der Waals surface area contributed by atoms with Gasteiger partial charge in [0.05, 0.1) is 6.61 Å². The number of aliphatic hydroxyl groups excluding tert-OH is 1. The molecule has 0 radical (unpaired) electrons. The van der Waals surface area contributed by atoms with E-state index in [1.807, 2.05) is 65.4 Å². The number of aromatic nitrogens is 1. The molecular formula is C17H16N2O2. The topological polar surface area (TPSA) is 54.3 Å². The van der Waals surface area contributed by atoms with E-state index in [2.05, 4.69) is 5.32 Å². The Morgan fingerprint density at radius 3 is 2.67 bits per heavy atom. The fourth-order valence-electron chi connectivity index (χ4n) is 2.34. The third-order valence-corrected chi connectivity index (χ3v) is 3.39. The monoisotopic (exact) mass is 280 g/mol. The molecule has 4 heteroatoms. The Morgan fingerprint density at radius 1 is 1.10 bits per heavy atom. The van der Waals surface area contributed by atoms with Crippen molar-refractivity contribution in [1.82, 2.24) is 4.57 Å². The number of hydrogen-bond acceptors (Lipinski definition) is 2. The van der Waals surface area contributed by atoms with Gasteiger partial charge in [0.15, 0.2) is 0 Å². The Labute approximate surface area is 122 Å². The Morgan fingerprint density at radius 2 is 1.90 bits per heavy atom. The maximum Gasteiger partial charge on any atom is 0.244 e. The van der Waals surface area contributed by atoms with E-state index >= 15 is 0 Å². The molecule has 1 aromatic heterocycles. The molecule has 0 fully saturated rings. The number of para-hydroxylation sites is 1. The zero-order valence-electron chi connectivity index (χ0n) is 11.5. The quantitative estimate of drug-likeness (QED) is 0.772. The lowest BCUT2D eigenvalue weighted by atomic mass is 10.2. The van der Waals surface area contributed by atoms with Gasteiger partial charge in [-0.05, 0) is 35.2 Å². The highest BCUT2D eigenvalue weighted by Gasteiger charge is 2.07. The summed E-state index contributed by atoms with van der Waals surface area (Å²) in [5.41, 5.74) is 2.57. The minimum atomic E-state index is -0.0758. The van der Waals surface area contributed by atoms with Gasteiger partial charge in [0.1, 0.15) is 6.54 Å². The zero-order chi connectivity index (χ0) is 14.7. The number of nitrogens with one attached hydrogen (secondary N) is 1. The molecule has 1 amide bonds. The van der Waals surface area contributed by atoms with Crippen LogP contribution in [0.1, 0.15) is 5.56 Å². The molecule has 106 valence electrons. The lowest BCUT2D eigenvalue weighted by Crippen LogP contribution is -2.18. The van der Waals surface area contributed by atoms with Crippen LogP contribution in [0.15, 0.2) is 60.8 Å². The van der Waals surface area contributed by atoms with Gasteiger partial charge in [-0.1, -0.05) is 30.3 Å². The second kappa shape index (κ2) is 5.81. The van der Waals surface area contributed by atoms with Crippen LogP contribution in [0.5, 0.6) is 0 Å². The summed E-state index contributed by atoms with van der Waals surface area (Å²) >= 11 is 0. The average Bonchev–Trinajstić information content (AvgIpc) is 2.90. The van der Waals surface area contributed by atoms with Gasteiger partial charge in [0.25, 0.3) is 0 Å². The van der Waals surface area contributed by atoms with Crippen molar-refractivity contribution in [2.24, 2.45) is 0 Å². The van der Waals surface area contributed by atoms with E-state index in [1.54, 1.807) is 0 Å². The highest BCUT2D eigenvalue weighted by molar-refractivity contribution is 5.92. The minimum absolute atomic E-state index is 0.00265. The van der Waals surface area contributed by atoms with Crippen molar-refractivity contribution in [3.8, 4) is 0 Å². The van der Waals surface area contributed by atoms with Gasteiger partial charge in [-0.25, -0.2) is 0 Å². The molecule has 0 saturated carbocycles. The van der Waals surface area contributed by atoms with Crippen molar-refractivity contribution in [3.05, 3.63) is 66.4 Å². The summed E-state index contributed by atoms with van der Waals surface area (Å²) in [4.78, 5) is 12.1. The summed E-state index contributed by atoms with van der Waals surface area (Å²) in [6.45, 7) is 0.241. The summed E-state index contributed by atoms with van der Waals surface area (Å²) in [7, 11) is 0. The molecular weight excluding hydrogens is 264 g/mol. The van der Waals surface area contributed by atoms with Gasteiger partial charge in [-0.2, -0.15) is 0 Å². The van der Waals surface area contributed by atoms with Crippen molar-refractivity contribution < 1.29 is 9.90 Å². The van der Waals surface area contributed by atoms with Gasteiger partial charge < -0.3 is 15.0 Å². The first kappa shape index (κ1) is 13.4. The first-order valence-electron chi connectivity index (χ1n) is 6.80. The molecule has 0 aliphatic rings. The van der Waals surface area contributed by atoms with Gasteiger partial charge in [-0.15, -0.1) is 0 Å². The number of carbonyl (C=O) groups excluding carboxylic acids is 1. The first-order valence-corrected chi connectivity index (χ1v) is 6.80. The molecule has 2 aromatic carbocycles. The van der Waals surface area contributed by atoms with Crippen molar-refractivity contribution in [2.45, 2.75) is 13.2 Å². The van der Waals surface area contributed by atoms with Gasteiger partial charge in [0.2, 0.25) is 5.91 Å². The van der Waals surface area contributed by atoms with Crippen LogP contribution in [0.4, 0.5) is 5.69 Å². The highest BCUT2D eigenvalue weighted by Crippen LogP contribution is 2.18. The van der Waals surface area contributed by atoms with Gasteiger partial charge in [0, 0.05) is 17.4 Å². The number of hydrogen-bond donors (Lipinski definition) is 2. The summed E-state index contributed by atoms with van der Waals surface area (Å²) in [6.07, 6.45) is 1.89. The van der Waals surface area contributed by atoms with Crippen LogP contribution in [0.2, 0.25) is 0 Å². The summed E-state index contributed by atoms with van der Waals surface area (Å²) in [6, 6.07) is 17.1. The molecule has 0 saturated heterocycles. The fraction of sp³-hybridized carbons (Fsp3) is 0.118. The predicted molar refractivity (Wildman–Crippen MR) is 82.9 cm³/mol. The second-order valence-corrected chi connectivity index (χ2v) is 4.91. The SMILES string of the molecule is O=C(Cn1ccc2ccc(CO)cc21)Nc1ccccc1. The number of fused-ring (bicyclic) bond motifs is 1. The van der Waals surface area contributed by atoms with Crippen LogP contribution in [0.3, 0.4) is 0 Å². The van der Waals surface area contributed by atoms with Crippen LogP contribution in [0.25, 0.3) is 10.9 Å². The molecule has 0 spiro atoms. The molecule has 0 aliphatic carbocycles. The first-order chi connectivity index (χ1) is 10.3. The lowest BCUT2D eigenvalue weighted by molar-refractivity contribution is -0.116. The molecule has 2 N–H and O–H groups in total. The maximum absolute atomic E-state index is 12.1. The van der Waals surface area contributed by atoms with Crippen LogP contribution in [-0.2, 0) is 17.9 Å². The average molecular weight is 280 g/mol. The third kappa shape index (κ3) is 2.95. The Bertz CT molecular complexity index is 763. The zero-order valence-corrected chi connectivity index (χ0v) is 11.5. The van der Waals surface area contributed by atoms with Crippen LogP contribution in [-0.4, -0.2) is 15.6 Å². The molecule has 0 aliphatic heterocycles. The predicted octanol–water partition coefficient (Wildman–Crippen LogP) is 2.77. The number of anilines is 1. The Hall–Kier alpha value is -2.59. The molecule has 0 unspecified atom stereocenters. The number of rotatable bonds is 4. The third-order valence-electron chi connectivity index (χ3n) is 3.39. The Balaban J connectivity index is 1.79. The molecule has 4 nitrogen and oxygen atoms in total. The maximum atomic E-state index is 12.1. The van der Waals surface area contributed by atoms with E-state index in [0.717, 1.165) is 22.2 Å². The normalized spacial score (nSPS) is 10.7. The standard InChI is InChI=1S/C17H16N2O2/c20-12-13-6-7-14-8-9-19(16(14)10-13)11-17(21)18-15-4-2-1-3-5-15/h1-10,20H,11-12H2,(H,18,21). The Kier molecular flexibility index (Phi) is 3.71. The number of benzene rings is 2. The number of aliphatic hydroxyl groups is 1.